The quantitative estimate of drug-likeness (QED) is 0.258. The van der Waals surface area contributed by atoms with E-state index >= 15 is 0 Å². The number of ether oxygens (including phenoxy) is 2. The van der Waals surface area contributed by atoms with E-state index in [1.807, 2.05) is 0 Å². The number of sulfonamides is 1. The fourth-order valence-corrected chi connectivity index (χ4v) is 4.85. The largest absolute Gasteiger partial charge is 0.493 e. The molecule has 3 aromatic rings. The van der Waals surface area contributed by atoms with Gasteiger partial charge in [-0.25, -0.2) is 13.4 Å². The second-order valence-electron chi connectivity index (χ2n) is 7.57. The van der Waals surface area contributed by atoms with Crippen LogP contribution in [0.5, 0.6) is 11.5 Å². The summed E-state index contributed by atoms with van der Waals surface area (Å²) in [5.41, 5.74) is 3.95. The van der Waals surface area contributed by atoms with Gasteiger partial charge in [-0.2, -0.15) is 9.41 Å². The van der Waals surface area contributed by atoms with E-state index in [4.69, 9.17) is 21.1 Å². The molecule has 0 radical (unpaired) electrons. The fraction of sp³-hybridized carbons (Fsp3) is 0.240. The van der Waals surface area contributed by atoms with Gasteiger partial charge < -0.3 is 14.8 Å². The van der Waals surface area contributed by atoms with E-state index in [1.54, 1.807) is 68.6 Å². The van der Waals surface area contributed by atoms with Crippen molar-refractivity contribution in [3.63, 3.8) is 0 Å². The van der Waals surface area contributed by atoms with Crippen molar-refractivity contribution in [1.29, 1.82) is 0 Å². The molecule has 196 valence electrons. The first-order valence-electron chi connectivity index (χ1n) is 11.4. The molecule has 0 saturated carbocycles. The van der Waals surface area contributed by atoms with E-state index in [0.29, 0.717) is 46.7 Å². The number of carbonyl (C=O) groups excluding carboxylic acids is 1. The van der Waals surface area contributed by atoms with Gasteiger partial charge in [-0.05, 0) is 48.0 Å². The lowest BCUT2D eigenvalue weighted by Gasteiger charge is -2.18. The summed E-state index contributed by atoms with van der Waals surface area (Å²) in [5.74, 6) is 0.812. The van der Waals surface area contributed by atoms with Crippen molar-refractivity contribution < 1.29 is 22.7 Å². The maximum atomic E-state index is 12.6. The molecule has 0 bridgehead atoms. The zero-order valence-electron chi connectivity index (χ0n) is 20.6. The number of nitrogens with one attached hydrogen (secondary N) is 2. The highest BCUT2D eigenvalue weighted by Gasteiger charge is 2.21. The first-order valence-corrected chi connectivity index (χ1v) is 13.2. The lowest BCUT2D eigenvalue weighted by atomic mass is 10.2. The van der Waals surface area contributed by atoms with E-state index in [1.165, 1.54) is 23.7 Å². The summed E-state index contributed by atoms with van der Waals surface area (Å²) in [5, 5.41) is 7.26. The minimum Gasteiger partial charge on any atom is -0.493 e. The third kappa shape index (κ3) is 7.42. The van der Waals surface area contributed by atoms with E-state index in [-0.39, 0.29) is 17.4 Å². The number of hydrogen-bond acceptors (Lipinski definition) is 8. The number of hydrazone groups is 1. The molecule has 1 aromatic heterocycles. The third-order valence-electron chi connectivity index (χ3n) is 5.17. The van der Waals surface area contributed by atoms with Gasteiger partial charge in [0.25, 0.3) is 5.91 Å². The summed E-state index contributed by atoms with van der Waals surface area (Å²) in [6, 6.07) is 15.0. The molecule has 12 heteroatoms. The number of benzene rings is 2. The van der Waals surface area contributed by atoms with Gasteiger partial charge in [0.15, 0.2) is 18.1 Å². The molecular weight excluding hydrogens is 518 g/mol. The summed E-state index contributed by atoms with van der Waals surface area (Å²) in [4.78, 5) is 16.5. The van der Waals surface area contributed by atoms with Crippen LogP contribution in [-0.2, 0) is 14.8 Å². The molecule has 1 amide bonds. The molecule has 0 aliphatic rings. The number of anilines is 2. The average Bonchev–Trinajstić information content (AvgIpc) is 2.90. The third-order valence-corrected chi connectivity index (χ3v) is 7.53. The van der Waals surface area contributed by atoms with E-state index < -0.39 is 10.0 Å². The molecule has 3 rings (SSSR count). The summed E-state index contributed by atoms with van der Waals surface area (Å²) >= 11 is 6.06. The second kappa shape index (κ2) is 13.0. The number of methoxy groups -OCH3 is 1. The Bertz CT molecular complexity index is 1350. The molecule has 0 fully saturated rings. The van der Waals surface area contributed by atoms with Crippen molar-refractivity contribution in [2.45, 2.75) is 18.7 Å². The maximum absolute atomic E-state index is 12.6. The molecule has 0 atom stereocenters. The highest BCUT2D eigenvalue weighted by Crippen LogP contribution is 2.28. The standard InChI is InChI=1S/C25H28ClN5O5S/c1-4-31(5-2)37(33,34)19-11-13-24(27-16-19)30-28-15-18-10-12-22(23(14-18)35-3)36-17-25(32)29-21-9-7-6-8-20(21)26/h6-16H,4-5,17H2,1-3H3,(H,27,30)(H,29,32)/b28-15+. The number of hydrogen-bond donors (Lipinski definition) is 2. The van der Waals surface area contributed by atoms with Gasteiger partial charge in [0, 0.05) is 19.3 Å². The number of amides is 1. The number of halogens is 1. The summed E-state index contributed by atoms with van der Waals surface area (Å²) in [6.45, 7) is 4.10. The van der Waals surface area contributed by atoms with Gasteiger partial charge in [0.1, 0.15) is 10.7 Å². The molecule has 10 nitrogen and oxygen atoms in total. The van der Waals surface area contributed by atoms with E-state index in [9.17, 15) is 13.2 Å². The first kappa shape index (κ1) is 27.9. The van der Waals surface area contributed by atoms with Gasteiger partial charge in [-0.3, -0.25) is 10.2 Å². The molecule has 1 heterocycles. The van der Waals surface area contributed by atoms with Gasteiger partial charge in [0.2, 0.25) is 10.0 Å². The Morgan fingerprint density at radius 3 is 2.51 bits per heavy atom. The minimum atomic E-state index is -3.57. The van der Waals surface area contributed by atoms with Crippen LogP contribution >= 0.6 is 11.6 Å². The molecule has 2 aromatic carbocycles. The monoisotopic (exact) mass is 545 g/mol. The van der Waals surface area contributed by atoms with Crippen molar-refractivity contribution in [3.05, 3.63) is 71.4 Å². The van der Waals surface area contributed by atoms with Gasteiger partial charge in [-0.15, -0.1) is 0 Å². The van der Waals surface area contributed by atoms with Gasteiger partial charge in [-0.1, -0.05) is 37.6 Å². The average molecular weight is 546 g/mol. The number of pyridine rings is 1. The topological polar surface area (TPSA) is 122 Å². The van der Waals surface area contributed by atoms with Crippen LogP contribution < -0.4 is 20.2 Å². The zero-order valence-corrected chi connectivity index (χ0v) is 22.2. The first-order chi connectivity index (χ1) is 17.8. The molecule has 2 N–H and O–H groups in total. The highest BCUT2D eigenvalue weighted by atomic mass is 35.5. The molecule has 0 aliphatic heterocycles. The van der Waals surface area contributed by atoms with Crippen LogP contribution in [0.2, 0.25) is 5.02 Å². The maximum Gasteiger partial charge on any atom is 0.262 e. The van der Waals surface area contributed by atoms with Gasteiger partial charge >= 0.3 is 0 Å². The van der Waals surface area contributed by atoms with Crippen LogP contribution in [0.4, 0.5) is 11.5 Å². The van der Waals surface area contributed by atoms with Crippen molar-refractivity contribution in [2.75, 3.05) is 37.5 Å². The van der Waals surface area contributed by atoms with Crippen molar-refractivity contribution in [2.24, 2.45) is 5.10 Å². The Kier molecular flexibility index (Phi) is 9.84. The molecule has 0 spiro atoms. The summed E-state index contributed by atoms with van der Waals surface area (Å²) < 4.78 is 37.4. The smallest absolute Gasteiger partial charge is 0.262 e. The van der Waals surface area contributed by atoms with E-state index in [0.717, 1.165) is 0 Å². The Morgan fingerprint density at radius 2 is 1.86 bits per heavy atom. The number of para-hydroxylation sites is 1. The lowest BCUT2D eigenvalue weighted by Crippen LogP contribution is -2.30. The highest BCUT2D eigenvalue weighted by molar-refractivity contribution is 7.89. The number of rotatable bonds is 12. The van der Waals surface area contributed by atoms with Crippen LogP contribution in [0.25, 0.3) is 0 Å². The van der Waals surface area contributed by atoms with Crippen molar-refractivity contribution in [1.82, 2.24) is 9.29 Å². The Morgan fingerprint density at radius 1 is 1.11 bits per heavy atom. The van der Waals surface area contributed by atoms with Crippen LogP contribution in [0.3, 0.4) is 0 Å². The molecule has 0 unspecified atom stereocenters. The zero-order chi connectivity index (χ0) is 26.8. The fourth-order valence-electron chi connectivity index (χ4n) is 3.26. The Balaban J connectivity index is 1.59. The SMILES string of the molecule is CCN(CC)S(=O)(=O)c1ccc(N/N=C/c2ccc(OCC(=O)Nc3ccccc3Cl)c(OC)c2)nc1. The molecular formula is C25H28ClN5O5S. The Labute approximate surface area is 221 Å². The number of aromatic nitrogens is 1. The van der Waals surface area contributed by atoms with Crippen molar-refractivity contribution >= 4 is 45.3 Å². The van der Waals surface area contributed by atoms with Crippen LogP contribution in [0.1, 0.15) is 19.4 Å². The predicted octanol–water partition coefficient (Wildman–Crippen LogP) is 4.24. The number of nitrogens with zero attached hydrogens (tertiary/aromatic N) is 3. The molecule has 0 saturated heterocycles. The van der Waals surface area contributed by atoms with Crippen molar-refractivity contribution in [3.8, 4) is 11.5 Å². The van der Waals surface area contributed by atoms with Crippen LogP contribution in [-0.4, -0.2) is 56.6 Å². The van der Waals surface area contributed by atoms with Gasteiger partial charge in [0.05, 0.1) is 24.0 Å². The second-order valence-corrected chi connectivity index (χ2v) is 9.91. The summed E-state index contributed by atoms with van der Waals surface area (Å²) in [6.07, 6.45) is 2.83. The number of carbonyl (C=O) groups is 1. The molecule has 0 aliphatic carbocycles. The normalized spacial score (nSPS) is 11.5. The van der Waals surface area contributed by atoms with E-state index in [2.05, 4.69) is 20.8 Å². The summed E-state index contributed by atoms with van der Waals surface area (Å²) in [7, 11) is -2.08. The van der Waals surface area contributed by atoms with Crippen LogP contribution in [0.15, 0.2) is 70.8 Å². The molecule has 37 heavy (non-hydrogen) atoms. The minimum absolute atomic E-state index is 0.117. The van der Waals surface area contributed by atoms with Crippen LogP contribution in [0, 0.1) is 0 Å². The lowest BCUT2D eigenvalue weighted by molar-refractivity contribution is -0.118. The predicted molar refractivity (Wildman–Crippen MR) is 144 cm³/mol. The Hall–Kier alpha value is -3.67.